The van der Waals surface area contributed by atoms with Crippen molar-refractivity contribution in [3.63, 3.8) is 0 Å². The maximum Gasteiger partial charge on any atom is 0.274 e. The van der Waals surface area contributed by atoms with E-state index in [4.69, 9.17) is 0 Å². The summed E-state index contributed by atoms with van der Waals surface area (Å²) >= 11 is 0. The zero-order valence-electron chi connectivity index (χ0n) is 14.0. The smallest absolute Gasteiger partial charge is 0.274 e. The summed E-state index contributed by atoms with van der Waals surface area (Å²) in [4.78, 5) is 16.4. The van der Waals surface area contributed by atoms with E-state index in [1.54, 1.807) is 51.1 Å². The number of aryl methyl sites for hydroxylation is 1. The highest BCUT2D eigenvalue weighted by Crippen LogP contribution is 2.23. The molecular weight excluding hydrogens is 326 g/mol. The third kappa shape index (κ3) is 3.80. The van der Waals surface area contributed by atoms with E-state index in [1.165, 1.54) is 16.6 Å². The summed E-state index contributed by atoms with van der Waals surface area (Å²) in [5, 5.41) is 2.69. The molecule has 0 aliphatic heterocycles. The highest BCUT2D eigenvalue weighted by Gasteiger charge is 2.24. The van der Waals surface area contributed by atoms with Gasteiger partial charge in [-0.25, -0.2) is 8.42 Å². The maximum atomic E-state index is 12.7. The number of nitrogens with one attached hydrogen (secondary N) is 1. The Morgan fingerprint density at radius 2 is 1.88 bits per heavy atom. The predicted octanol–water partition coefficient (Wildman–Crippen LogP) is 2.67. The van der Waals surface area contributed by atoms with Crippen molar-refractivity contribution in [2.45, 2.75) is 25.7 Å². The van der Waals surface area contributed by atoms with E-state index in [1.807, 2.05) is 0 Å². The van der Waals surface area contributed by atoms with Gasteiger partial charge in [-0.3, -0.25) is 9.78 Å². The number of nitrogens with zero attached hydrogens (tertiary/aromatic N) is 2. The maximum absolute atomic E-state index is 12.7. The molecule has 128 valence electrons. The molecule has 6 nitrogen and oxygen atoms in total. The first-order valence-corrected chi connectivity index (χ1v) is 9.17. The van der Waals surface area contributed by atoms with Crippen molar-refractivity contribution in [3.05, 3.63) is 53.9 Å². The summed E-state index contributed by atoms with van der Waals surface area (Å²) in [6.07, 6.45) is 1.53. The van der Waals surface area contributed by atoms with Gasteiger partial charge >= 0.3 is 0 Å². The largest absolute Gasteiger partial charge is 0.321 e. The molecule has 1 heterocycles. The average Bonchev–Trinajstić information content (AvgIpc) is 2.58. The Morgan fingerprint density at radius 1 is 1.17 bits per heavy atom. The third-order valence-corrected chi connectivity index (χ3v) is 5.86. The Bertz CT molecular complexity index is 816. The lowest BCUT2D eigenvalue weighted by Gasteiger charge is -2.20. The summed E-state index contributed by atoms with van der Waals surface area (Å²) in [6.45, 7) is 6.11. The molecular formula is C17H21N3O3S. The topological polar surface area (TPSA) is 79.4 Å². The quantitative estimate of drug-likeness (QED) is 0.871. The lowest BCUT2D eigenvalue weighted by atomic mass is 10.2. The third-order valence-electron chi connectivity index (χ3n) is 3.67. The molecule has 0 radical (unpaired) electrons. The van der Waals surface area contributed by atoms with Crippen molar-refractivity contribution < 1.29 is 13.2 Å². The van der Waals surface area contributed by atoms with Gasteiger partial charge in [0.05, 0.1) is 4.90 Å². The molecule has 0 spiro atoms. The lowest BCUT2D eigenvalue weighted by molar-refractivity contribution is 0.102. The molecule has 0 aliphatic rings. The molecule has 1 aromatic carbocycles. The van der Waals surface area contributed by atoms with Gasteiger partial charge in [0.25, 0.3) is 5.91 Å². The van der Waals surface area contributed by atoms with Gasteiger partial charge in [0.2, 0.25) is 10.0 Å². The molecule has 2 rings (SSSR count). The van der Waals surface area contributed by atoms with Gasteiger partial charge in [-0.2, -0.15) is 4.31 Å². The molecule has 7 heteroatoms. The monoisotopic (exact) mass is 347 g/mol. The van der Waals surface area contributed by atoms with Crippen molar-refractivity contribution in [3.8, 4) is 0 Å². The van der Waals surface area contributed by atoms with Crippen LogP contribution in [0.2, 0.25) is 0 Å². The van der Waals surface area contributed by atoms with Crippen LogP contribution >= 0.6 is 0 Å². The number of hydrogen-bond acceptors (Lipinski definition) is 4. The van der Waals surface area contributed by atoms with Crippen LogP contribution in [0.5, 0.6) is 0 Å². The second kappa shape index (κ2) is 7.55. The van der Waals surface area contributed by atoms with Crippen LogP contribution < -0.4 is 5.32 Å². The SMILES string of the molecule is CCN(CC)S(=O)(=O)c1cc(NC(=O)c2ccccn2)ccc1C. The van der Waals surface area contributed by atoms with E-state index in [2.05, 4.69) is 10.3 Å². The van der Waals surface area contributed by atoms with Gasteiger partial charge in [-0.1, -0.05) is 26.0 Å². The summed E-state index contributed by atoms with van der Waals surface area (Å²) in [7, 11) is -3.59. The van der Waals surface area contributed by atoms with Crippen LogP contribution in [-0.4, -0.2) is 36.7 Å². The Morgan fingerprint density at radius 3 is 2.46 bits per heavy atom. The van der Waals surface area contributed by atoms with E-state index in [9.17, 15) is 13.2 Å². The number of aromatic nitrogens is 1. The molecule has 2 aromatic rings. The number of benzene rings is 1. The number of sulfonamides is 1. The molecule has 1 aromatic heterocycles. The van der Waals surface area contributed by atoms with Gasteiger partial charge in [0, 0.05) is 25.0 Å². The van der Waals surface area contributed by atoms with Crippen LogP contribution in [0.4, 0.5) is 5.69 Å². The van der Waals surface area contributed by atoms with Crippen LogP contribution in [0.15, 0.2) is 47.5 Å². The molecule has 0 aliphatic carbocycles. The van der Waals surface area contributed by atoms with E-state index in [-0.39, 0.29) is 16.5 Å². The summed E-state index contributed by atoms with van der Waals surface area (Å²) in [5.41, 5.74) is 1.32. The number of rotatable bonds is 6. The van der Waals surface area contributed by atoms with Crippen LogP contribution in [-0.2, 0) is 10.0 Å². The van der Waals surface area contributed by atoms with Gasteiger partial charge in [0.15, 0.2) is 0 Å². The van der Waals surface area contributed by atoms with Gasteiger partial charge < -0.3 is 5.32 Å². The fourth-order valence-electron chi connectivity index (χ4n) is 2.35. The first-order valence-electron chi connectivity index (χ1n) is 7.73. The van der Waals surface area contributed by atoms with Gasteiger partial charge in [-0.15, -0.1) is 0 Å². The van der Waals surface area contributed by atoms with Crippen molar-refractivity contribution in [2.24, 2.45) is 0 Å². The zero-order chi connectivity index (χ0) is 17.7. The molecule has 0 saturated heterocycles. The summed E-state index contributed by atoms with van der Waals surface area (Å²) < 4.78 is 26.8. The van der Waals surface area contributed by atoms with Gasteiger partial charge in [0.1, 0.15) is 5.69 Å². The zero-order valence-corrected chi connectivity index (χ0v) is 14.8. The minimum absolute atomic E-state index is 0.199. The Labute approximate surface area is 142 Å². The van der Waals surface area contributed by atoms with E-state index < -0.39 is 10.0 Å². The molecule has 0 fully saturated rings. The van der Waals surface area contributed by atoms with Crippen molar-refractivity contribution in [2.75, 3.05) is 18.4 Å². The van der Waals surface area contributed by atoms with Crippen LogP contribution in [0, 0.1) is 6.92 Å². The number of pyridine rings is 1. The number of hydrogen-bond donors (Lipinski definition) is 1. The molecule has 0 unspecified atom stereocenters. The fraction of sp³-hybridized carbons (Fsp3) is 0.294. The Hall–Kier alpha value is -2.25. The Kier molecular flexibility index (Phi) is 5.69. The highest BCUT2D eigenvalue weighted by molar-refractivity contribution is 7.89. The number of carbonyl (C=O) groups excluding carboxylic acids is 1. The van der Waals surface area contributed by atoms with Crippen molar-refractivity contribution in [1.82, 2.24) is 9.29 Å². The fourth-order valence-corrected chi connectivity index (χ4v) is 4.06. The summed E-state index contributed by atoms with van der Waals surface area (Å²) in [5.74, 6) is -0.384. The molecule has 1 amide bonds. The first-order chi connectivity index (χ1) is 11.4. The van der Waals surface area contributed by atoms with Gasteiger partial charge in [-0.05, 0) is 36.8 Å². The number of anilines is 1. The first kappa shape index (κ1) is 18.1. The minimum Gasteiger partial charge on any atom is -0.321 e. The molecule has 0 atom stereocenters. The summed E-state index contributed by atoms with van der Waals surface area (Å²) in [6, 6.07) is 9.88. The number of carbonyl (C=O) groups is 1. The second-order valence-electron chi connectivity index (χ2n) is 5.24. The van der Waals surface area contributed by atoms with Crippen LogP contribution in [0.1, 0.15) is 29.9 Å². The van der Waals surface area contributed by atoms with Crippen LogP contribution in [0.25, 0.3) is 0 Å². The molecule has 1 N–H and O–H groups in total. The van der Waals surface area contributed by atoms with Crippen molar-refractivity contribution in [1.29, 1.82) is 0 Å². The second-order valence-corrected chi connectivity index (χ2v) is 7.15. The van der Waals surface area contributed by atoms with Crippen molar-refractivity contribution >= 4 is 21.6 Å². The minimum atomic E-state index is -3.59. The molecule has 0 saturated carbocycles. The van der Waals surface area contributed by atoms with E-state index in [0.29, 0.717) is 24.3 Å². The predicted molar refractivity (Wildman–Crippen MR) is 93.5 cm³/mol. The number of amides is 1. The molecule has 0 bridgehead atoms. The standard InChI is InChI=1S/C17H21N3O3S/c1-4-20(5-2)24(22,23)16-12-14(10-9-13(16)3)19-17(21)15-8-6-7-11-18-15/h6-12H,4-5H2,1-3H3,(H,19,21). The molecule has 24 heavy (non-hydrogen) atoms. The Balaban J connectivity index is 2.34. The average molecular weight is 347 g/mol. The lowest BCUT2D eigenvalue weighted by Crippen LogP contribution is -2.31. The normalized spacial score (nSPS) is 11.5. The highest BCUT2D eigenvalue weighted by atomic mass is 32.2. The van der Waals surface area contributed by atoms with E-state index in [0.717, 1.165) is 0 Å². The van der Waals surface area contributed by atoms with E-state index >= 15 is 0 Å². The van der Waals surface area contributed by atoms with Crippen LogP contribution in [0.3, 0.4) is 0 Å².